The molecule has 0 saturated heterocycles. The van der Waals surface area contributed by atoms with Crippen LogP contribution in [-0.4, -0.2) is 24.7 Å². The van der Waals surface area contributed by atoms with E-state index >= 15 is 0 Å². The van der Waals surface area contributed by atoms with E-state index in [1.165, 1.54) is 16.4 Å². The lowest BCUT2D eigenvalue weighted by atomic mass is 10.1. The summed E-state index contributed by atoms with van der Waals surface area (Å²) >= 11 is 0. The Kier molecular flexibility index (Phi) is 2.77. The van der Waals surface area contributed by atoms with Gasteiger partial charge in [-0.3, -0.25) is 3.97 Å². The maximum Gasteiger partial charge on any atom is 0.235 e. The van der Waals surface area contributed by atoms with Crippen LogP contribution in [-0.2, 0) is 16.4 Å². The van der Waals surface area contributed by atoms with Gasteiger partial charge in [-0.05, 0) is 25.0 Å². The molecule has 74 valence electrons. The Morgan fingerprint density at radius 2 is 2.23 bits per heavy atom. The molecule has 0 amide bonds. The highest BCUT2D eigenvalue weighted by molar-refractivity contribution is 7.89. The highest BCUT2D eigenvalue weighted by atomic mass is 32.2. The molecule has 1 aromatic heterocycles. The number of aromatic nitrogens is 1. The van der Waals surface area contributed by atoms with Crippen molar-refractivity contribution in [2.45, 2.75) is 19.4 Å². The van der Waals surface area contributed by atoms with E-state index in [4.69, 9.17) is 5.73 Å². The predicted molar refractivity (Wildman–Crippen MR) is 52.0 cm³/mol. The van der Waals surface area contributed by atoms with Gasteiger partial charge < -0.3 is 5.73 Å². The molecule has 0 radical (unpaired) electrons. The van der Waals surface area contributed by atoms with Crippen molar-refractivity contribution < 1.29 is 8.42 Å². The molecule has 1 aromatic rings. The average Bonchev–Trinajstić information content (AvgIpc) is 2.32. The second kappa shape index (κ2) is 3.51. The largest absolute Gasteiger partial charge is 0.328 e. The van der Waals surface area contributed by atoms with Crippen molar-refractivity contribution in [2.75, 3.05) is 6.26 Å². The molecular weight excluding hydrogens is 188 g/mol. The molecule has 0 spiro atoms. The zero-order chi connectivity index (χ0) is 10.1. The smallest absolute Gasteiger partial charge is 0.235 e. The van der Waals surface area contributed by atoms with Crippen molar-refractivity contribution in [1.29, 1.82) is 0 Å². The number of nitrogens with zero attached hydrogens (tertiary/aromatic N) is 1. The zero-order valence-electron chi connectivity index (χ0n) is 7.77. The molecular formula is C8H14N2O2S. The lowest BCUT2D eigenvalue weighted by molar-refractivity contribution is 0.593. The van der Waals surface area contributed by atoms with E-state index in [0.29, 0.717) is 6.42 Å². The third-order valence-electron chi connectivity index (χ3n) is 1.67. The fraction of sp³-hybridized carbons (Fsp3) is 0.500. The van der Waals surface area contributed by atoms with E-state index in [2.05, 4.69) is 0 Å². The van der Waals surface area contributed by atoms with Gasteiger partial charge in [0.05, 0.1) is 6.26 Å². The van der Waals surface area contributed by atoms with Gasteiger partial charge in [0.2, 0.25) is 10.0 Å². The molecule has 2 N–H and O–H groups in total. The topological polar surface area (TPSA) is 65.1 Å². The van der Waals surface area contributed by atoms with E-state index < -0.39 is 10.0 Å². The van der Waals surface area contributed by atoms with Crippen LogP contribution in [0.4, 0.5) is 0 Å². The fourth-order valence-corrected chi connectivity index (χ4v) is 1.73. The van der Waals surface area contributed by atoms with Crippen molar-refractivity contribution in [3.8, 4) is 0 Å². The van der Waals surface area contributed by atoms with Crippen molar-refractivity contribution in [3.63, 3.8) is 0 Å². The zero-order valence-corrected chi connectivity index (χ0v) is 8.58. The van der Waals surface area contributed by atoms with E-state index in [1.807, 2.05) is 6.92 Å². The highest BCUT2D eigenvalue weighted by Gasteiger charge is 2.06. The quantitative estimate of drug-likeness (QED) is 0.760. The molecule has 1 heterocycles. The summed E-state index contributed by atoms with van der Waals surface area (Å²) in [6.45, 7) is 1.89. The number of hydrogen-bond donors (Lipinski definition) is 1. The Labute approximate surface area is 78.4 Å². The maximum absolute atomic E-state index is 11.1. The van der Waals surface area contributed by atoms with Crippen LogP contribution in [0.25, 0.3) is 0 Å². The van der Waals surface area contributed by atoms with Crippen molar-refractivity contribution in [1.82, 2.24) is 3.97 Å². The second-order valence-electron chi connectivity index (χ2n) is 3.29. The molecule has 5 heteroatoms. The molecule has 1 unspecified atom stereocenters. The van der Waals surface area contributed by atoms with Crippen molar-refractivity contribution in [2.24, 2.45) is 5.73 Å². The summed E-state index contributed by atoms with van der Waals surface area (Å²) in [5.41, 5.74) is 6.53. The minimum atomic E-state index is -3.14. The van der Waals surface area contributed by atoms with Crippen LogP contribution in [0.15, 0.2) is 18.5 Å². The molecule has 0 aliphatic rings. The first-order valence-electron chi connectivity index (χ1n) is 4.02. The van der Waals surface area contributed by atoms with Gasteiger partial charge in [0.15, 0.2) is 0 Å². The van der Waals surface area contributed by atoms with Crippen LogP contribution >= 0.6 is 0 Å². The van der Waals surface area contributed by atoms with Gasteiger partial charge in [-0.15, -0.1) is 0 Å². The number of hydrogen-bond acceptors (Lipinski definition) is 3. The molecule has 0 aliphatic carbocycles. The second-order valence-corrected chi connectivity index (χ2v) is 5.18. The van der Waals surface area contributed by atoms with Gasteiger partial charge in [-0.1, -0.05) is 0 Å². The van der Waals surface area contributed by atoms with Gasteiger partial charge in [0.1, 0.15) is 0 Å². The van der Waals surface area contributed by atoms with Gasteiger partial charge >= 0.3 is 0 Å². The standard InChI is InChI=1S/C8H14N2O2S/c1-7(9)5-8-3-4-10(6-8)13(2,11)12/h3-4,6-7H,5,9H2,1-2H3. The normalized spacial score (nSPS) is 14.4. The summed E-state index contributed by atoms with van der Waals surface area (Å²) in [6, 6.07) is 1.82. The first-order valence-corrected chi connectivity index (χ1v) is 5.87. The number of rotatable bonds is 3. The van der Waals surface area contributed by atoms with Crippen LogP contribution in [0.3, 0.4) is 0 Å². The van der Waals surface area contributed by atoms with E-state index in [1.54, 1.807) is 12.3 Å². The first kappa shape index (κ1) is 10.3. The van der Waals surface area contributed by atoms with Gasteiger partial charge in [0.25, 0.3) is 0 Å². The Bertz CT molecular complexity index is 379. The van der Waals surface area contributed by atoms with E-state index in [9.17, 15) is 8.42 Å². The van der Waals surface area contributed by atoms with Crippen molar-refractivity contribution in [3.05, 3.63) is 24.0 Å². The summed E-state index contributed by atoms with van der Waals surface area (Å²) in [7, 11) is -3.14. The van der Waals surface area contributed by atoms with Crippen LogP contribution in [0.1, 0.15) is 12.5 Å². The van der Waals surface area contributed by atoms with E-state index in [-0.39, 0.29) is 6.04 Å². The Hall–Kier alpha value is -0.810. The molecule has 0 fully saturated rings. The fourth-order valence-electron chi connectivity index (χ4n) is 1.12. The van der Waals surface area contributed by atoms with Crippen LogP contribution in [0.2, 0.25) is 0 Å². The molecule has 0 saturated carbocycles. The minimum absolute atomic E-state index is 0.0513. The number of nitrogens with two attached hydrogens (primary N) is 1. The maximum atomic E-state index is 11.1. The van der Waals surface area contributed by atoms with Crippen LogP contribution < -0.4 is 5.73 Å². The predicted octanol–water partition coefficient (Wildman–Crippen LogP) is 0.185. The van der Waals surface area contributed by atoms with Crippen LogP contribution in [0.5, 0.6) is 0 Å². The summed E-state index contributed by atoms with van der Waals surface area (Å²) < 4.78 is 23.3. The molecule has 0 aromatic carbocycles. The van der Waals surface area contributed by atoms with E-state index in [0.717, 1.165) is 5.56 Å². The first-order chi connectivity index (χ1) is 5.89. The summed E-state index contributed by atoms with van der Waals surface area (Å²) in [5, 5.41) is 0. The Morgan fingerprint density at radius 3 is 2.62 bits per heavy atom. The Morgan fingerprint density at radius 1 is 1.62 bits per heavy atom. The third kappa shape index (κ3) is 2.86. The molecule has 0 bridgehead atoms. The third-order valence-corrected chi connectivity index (χ3v) is 2.66. The molecule has 4 nitrogen and oxygen atoms in total. The SMILES string of the molecule is CC(N)Cc1ccn(S(C)(=O)=O)c1. The van der Waals surface area contributed by atoms with Crippen LogP contribution in [0, 0.1) is 0 Å². The molecule has 1 rings (SSSR count). The van der Waals surface area contributed by atoms with Gasteiger partial charge in [-0.2, -0.15) is 0 Å². The lowest BCUT2D eigenvalue weighted by Crippen LogP contribution is -2.17. The van der Waals surface area contributed by atoms with Gasteiger partial charge in [-0.25, -0.2) is 8.42 Å². The monoisotopic (exact) mass is 202 g/mol. The lowest BCUT2D eigenvalue weighted by Gasteiger charge is -2.01. The summed E-state index contributed by atoms with van der Waals surface area (Å²) in [4.78, 5) is 0. The minimum Gasteiger partial charge on any atom is -0.328 e. The molecule has 13 heavy (non-hydrogen) atoms. The summed E-state index contributed by atoms with van der Waals surface area (Å²) in [5.74, 6) is 0. The highest BCUT2D eigenvalue weighted by Crippen LogP contribution is 2.05. The average molecular weight is 202 g/mol. The van der Waals surface area contributed by atoms with Gasteiger partial charge in [0, 0.05) is 18.4 Å². The summed E-state index contributed by atoms with van der Waals surface area (Å²) in [6.07, 6.45) is 5.00. The molecule has 0 aliphatic heterocycles. The molecule has 1 atom stereocenters. The Balaban J connectivity index is 2.88. The van der Waals surface area contributed by atoms with Crippen molar-refractivity contribution >= 4 is 10.0 Å².